The molecule has 26 heavy (non-hydrogen) atoms. The Balaban J connectivity index is 2.77. The van der Waals surface area contributed by atoms with Crippen molar-refractivity contribution in [2.45, 2.75) is 45.6 Å². The molecule has 0 bridgehead atoms. The minimum atomic E-state index is -0.891. The number of esters is 2. The minimum Gasteiger partial charge on any atom is -0.466 e. The summed E-state index contributed by atoms with van der Waals surface area (Å²) in [6.45, 7) is 3.88. The second-order valence-electron chi connectivity index (χ2n) is 5.61. The van der Waals surface area contributed by atoms with Gasteiger partial charge in [-0.3, -0.25) is 9.59 Å². The topological polar surface area (TPSA) is 81.7 Å². The fraction of sp³-hybridized carbons (Fsp3) is 0.526. The molecule has 1 aromatic rings. The molecule has 1 atom stereocenters. The summed E-state index contributed by atoms with van der Waals surface area (Å²) < 4.78 is 9.87. The zero-order valence-corrected chi connectivity index (χ0v) is 16.8. The molecular formula is C19H26BrNO5. The highest BCUT2D eigenvalue weighted by Crippen LogP contribution is 2.10. The fourth-order valence-corrected chi connectivity index (χ4v) is 2.65. The number of hydrogen-bond acceptors (Lipinski definition) is 5. The van der Waals surface area contributed by atoms with E-state index in [9.17, 15) is 14.4 Å². The van der Waals surface area contributed by atoms with E-state index in [-0.39, 0.29) is 32.0 Å². The van der Waals surface area contributed by atoms with Crippen LogP contribution in [0, 0.1) is 0 Å². The van der Waals surface area contributed by atoms with Gasteiger partial charge in [-0.05, 0) is 50.8 Å². The molecule has 0 spiro atoms. The Morgan fingerprint density at radius 3 is 2.54 bits per heavy atom. The van der Waals surface area contributed by atoms with Crippen LogP contribution in [0.1, 0.15) is 49.0 Å². The number of halogens is 1. The first kappa shape index (κ1) is 22.2. The number of aryl methyl sites for hydroxylation is 1. The van der Waals surface area contributed by atoms with Crippen molar-refractivity contribution in [2.24, 2.45) is 0 Å². The van der Waals surface area contributed by atoms with Gasteiger partial charge >= 0.3 is 11.9 Å². The zero-order chi connectivity index (χ0) is 19.4. The summed E-state index contributed by atoms with van der Waals surface area (Å²) in [7, 11) is 0. The first-order valence-corrected chi connectivity index (χ1v) is 9.91. The lowest BCUT2D eigenvalue weighted by Crippen LogP contribution is -2.42. The van der Waals surface area contributed by atoms with Crippen LogP contribution in [0.4, 0.5) is 0 Å². The predicted octanol–water partition coefficient (Wildman–Crippen LogP) is 3.02. The van der Waals surface area contributed by atoms with Crippen LogP contribution in [0.25, 0.3) is 0 Å². The average Bonchev–Trinajstić information content (AvgIpc) is 2.63. The molecule has 6 nitrogen and oxygen atoms in total. The van der Waals surface area contributed by atoms with Gasteiger partial charge in [-0.15, -0.1) is 0 Å². The van der Waals surface area contributed by atoms with Gasteiger partial charge in [0.25, 0.3) is 5.91 Å². The van der Waals surface area contributed by atoms with Gasteiger partial charge in [0.1, 0.15) is 6.04 Å². The Labute approximate surface area is 162 Å². The molecule has 0 unspecified atom stereocenters. The van der Waals surface area contributed by atoms with Crippen molar-refractivity contribution in [3.63, 3.8) is 0 Å². The SMILES string of the molecule is CCOC(=O)CC[C@H](NC(=O)c1cccc(CCCBr)c1)C(=O)OCC. The van der Waals surface area contributed by atoms with E-state index in [2.05, 4.69) is 21.2 Å². The number of nitrogens with one attached hydrogen (secondary N) is 1. The summed E-state index contributed by atoms with van der Waals surface area (Å²) in [5.74, 6) is -1.33. The van der Waals surface area contributed by atoms with E-state index < -0.39 is 18.0 Å². The number of ether oxygens (including phenoxy) is 2. The van der Waals surface area contributed by atoms with E-state index >= 15 is 0 Å². The fourth-order valence-electron chi connectivity index (χ4n) is 2.37. The minimum absolute atomic E-state index is 0.0306. The van der Waals surface area contributed by atoms with Crippen molar-refractivity contribution in [1.29, 1.82) is 0 Å². The number of carbonyl (C=O) groups excluding carboxylic acids is 3. The lowest BCUT2D eigenvalue weighted by atomic mass is 10.1. The maximum Gasteiger partial charge on any atom is 0.328 e. The number of alkyl halides is 1. The summed E-state index contributed by atoms with van der Waals surface area (Å²) >= 11 is 3.39. The van der Waals surface area contributed by atoms with Crippen LogP contribution in [-0.2, 0) is 25.5 Å². The molecule has 7 heteroatoms. The second-order valence-corrected chi connectivity index (χ2v) is 6.41. The van der Waals surface area contributed by atoms with E-state index in [0.717, 1.165) is 23.7 Å². The Kier molecular flexibility index (Phi) is 10.6. The third-order valence-electron chi connectivity index (χ3n) is 3.61. The van der Waals surface area contributed by atoms with E-state index in [1.807, 2.05) is 18.2 Å². The number of benzene rings is 1. The molecule has 0 aromatic heterocycles. The molecule has 0 saturated carbocycles. The first-order chi connectivity index (χ1) is 12.5. The quantitative estimate of drug-likeness (QED) is 0.433. The van der Waals surface area contributed by atoms with Crippen molar-refractivity contribution in [3.05, 3.63) is 35.4 Å². The van der Waals surface area contributed by atoms with Crippen molar-refractivity contribution >= 4 is 33.8 Å². The third kappa shape index (κ3) is 7.99. The molecule has 1 amide bonds. The van der Waals surface area contributed by atoms with Crippen molar-refractivity contribution < 1.29 is 23.9 Å². The van der Waals surface area contributed by atoms with Gasteiger partial charge in [-0.2, -0.15) is 0 Å². The van der Waals surface area contributed by atoms with Gasteiger partial charge in [-0.25, -0.2) is 4.79 Å². The standard InChI is InChI=1S/C19H26BrNO5/c1-3-25-17(22)11-10-16(19(24)26-4-2)21-18(23)15-9-5-7-14(13-15)8-6-12-20/h5,7,9,13,16H,3-4,6,8,10-12H2,1-2H3,(H,21,23)/t16-/m0/s1. The van der Waals surface area contributed by atoms with Crippen molar-refractivity contribution in [1.82, 2.24) is 5.32 Å². The third-order valence-corrected chi connectivity index (χ3v) is 4.17. The summed E-state index contributed by atoms with van der Waals surface area (Å²) in [4.78, 5) is 36.1. The molecule has 0 heterocycles. The van der Waals surface area contributed by atoms with E-state index in [0.29, 0.717) is 5.56 Å². The van der Waals surface area contributed by atoms with E-state index in [1.54, 1.807) is 19.9 Å². The Bertz CT molecular complexity index is 605. The van der Waals surface area contributed by atoms with Crippen LogP contribution >= 0.6 is 15.9 Å². The maximum absolute atomic E-state index is 12.5. The van der Waals surface area contributed by atoms with Crippen LogP contribution in [0.3, 0.4) is 0 Å². The molecule has 1 rings (SSSR count). The van der Waals surface area contributed by atoms with Gasteiger partial charge in [-0.1, -0.05) is 28.1 Å². The van der Waals surface area contributed by atoms with Crippen LogP contribution in [0.2, 0.25) is 0 Å². The van der Waals surface area contributed by atoms with E-state index in [4.69, 9.17) is 9.47 Å². The zero-order valence-electron chi connectivity index (χ0n) is 15.3. The lowest BCUT2D eigenvalue weighted by Gasteiger charge is -2.17. The number of rotatable bonds is 11. The van der Waals surface area contributed by atoms with Crippen molar-refractivity contribution in [2.75, 3.05) is 18.5 Å². The number of carbonyl (C=O) groups is 3. The molecule has 0 fully saturated rings. The van der Waals surface area contributed by atoms with Gasteiger partial charge in [0.2, 0.25) is 0 Å². The van der Waals surface area contributed by atoms with Gasteiger partial charge in [0, 0.05) is 17.3 Å². The highest BCUT2D eigenvalue weighted by molar-refractivity contribution is 9.09. The number of hydrogen-bond donors (Lipinski definition) is 1. The monoisotopic (exact) mass is 427 g/mol. The van der Waals surface area contributed by atoms with Gasteiger partial charge in [0.05, 0.1) is 13.2 Å². The molecular weight excluding hydrogens is 402 g/mol. The molecule has 0 aliphatic heterocycles. The smallest absolute Gasteiger partial charge is 0.328 e. The molecule has 0 aliphatic carbocycles. The van der Waals surface area contributed by atoms with Crippen LogP contribution < -0.4 is 5.32 Å². The highest BCUT2D eigenvalue weighted by atomic mass is 79.9. The van der Waals surface area contributed by atoms with Crippen LogP contribution in [-0.4, -0.2) is 42.4 Å². The van der Waals surface area contributed by atoms with Crippen molar-refractivity contribution in [3.8, 4) is 0 Å². The Morgan fingerprint density at radius 2 is 1.88 bits per heavy atom. The Hall–Kier alpha value is -1.89. The molecule has 144 valence electrons. The largest absolute Gasteiger partial charge is 0.466 e. The van der Waals surface area contributed by atoms with E-state index in [1.165, 1.54) is 0 Å². The molecule has 0 aliphatic rings. The Morgan fingerprint density at radius 1 is 1.15 bits per heavy atom. The summed E-state index contributed by atoms with van der Waals surface area (Å²) in [5.41, 5.74) is 1.53. The van der Waals surface area contributed by atoms with Gasteiger partial charge in [0.15, 0.2) is 0 Å². The summed E-state index contributed by atoms with van der Waals surface area (Å²) in [5, 5.41) is 3.56. The van der Waals surface area contributed by atoms with Crippen LogP contribution in [0.15, 0.2) is 24.3 Å². The summed E-state index contributed by atoms with van der Waals surface area (Å²) in [6, 6.07) is 6.39. The van der Waals surface area contributed by atoms with Crippen LogP contribution in [0.5, 0.6) is 0 Å². The molecule has 0 radical (unpaired) electrons. The van der Waals surface area contributed by atoms with Gasteiger partial charge < -0.3 is 14.8 Å². The summed E-state index contributed by atoms with van der Waals surface area (Å²) in [6.07, 6.45) is 1.99. The molecule has 0 saturated heterocycles. The first-order valence-electron chi connectivity index (χ1n) is 8.79. The predicted molar refractivity (Wildman–Crippen MR) is 102 cm³/mol. The average molecular weight is 428 g/mol. The normalized spacial score (nSPS) is 11.5. The molecule has 1 aromatic carbocycles. The second kappa shape index (κ2) is 12.5. The lowest BCUT2D eigenvalue weighted by molar-refractivity contribution is -0.146. The molecule has 1 N–H and O–H groups in total. The number of amides is 1. The maximum atomic E-state index is 12.5. The highest BCUT2D eigenvalue weighted by Gasteiger charge is 2.24.